The van der Waals surface area contributed by atoms with E-state index in [9.17, 15) is 23.4 Å². The maximum Gasteiger partial charge on any atom is 0.335 e. The van der Waals surface area contributed by atoms with Crippen molar-refractivity contribution in [3.8, 4) is 5.75 Å². The molecule has 1 spiro atoms. The highest BCUT2D eigenvalue weighted by atomic mass is 35.5. The number of hydrogen-bond donors (Lipinski definition) is 3. The summed E-state index contributed by atoms with van der Waals surface area (Å²) in [6.45, 7) is 5.28. The minimum atomic E-state index is -3.61. The lowest BCUT2D eigenvalue weighted by atomic mass is 9.68. The summed E-state index contributed by atoms with van der Waals surface area (Å²) in [5.74, 6) is -0.220. The second kappa shape index (κ2) is 12.2. The summed E-state index contributed by atoms with van der Waals surface area (Å²) in [7, 11) is -3.61. The normalized spacial score (nSPS) is 26.0. The Morgan fingerprint density at radius 2 is 2.02 bits per heavy atom. The molecule has 1 saturated carbocycles. The number of carbonyl (C=O) groups is 1. The van der Waals surface area contributed by atoms with Crippen LogP contribution < -0.4 is 14.8 Å². The number of ether oxygens (including phenoxy) is 1. The van der Waals surface area contributed by atoms with Gasteiger partial charge < -0.3 is 19.8 Å². The van der Waals surface area contributed by atoms with E-state index in [1.165, 1.54) is 11.1 Å². The van der Waals surface area contributed by atoms with Gasteiger partial charge in [-0.1, -0.05) is 36.7 Å². The molecule has 1 aliphatic heterocycles. The third-order valence-electron chi connectivity index (χ3n) is 9.81. The summed E-state index contributed by atoms with van der Waals surface area (Å²) < 4.78 is 29.8. The zero-order valence-corrected chi connectivity index (χ0v) is 25.8. The van der Waals surface area contributed by atoms with Gasteiger partial charge in [-0.25, -0.2) is 18.4 Å². The van der Waals surface area contributed by atoms with Crippen LogP contribution in [-0.2, 0) is 21.9 Å². The van der Waals surface area contributed by atoms with E-state index in [1.54, 1.807) is 31.2 Å². The van der Waals surface area contributed by atoms with Crippen LogP contribution in [0.4, 0.5) is 5.69 Å². The number of nitrogens with zero attached hydrogens (tertiary/aromatic N) is 1. The Hall–Kier alpha value is -2.59. The van der Waals surface area contributed by atoms with Crippen molar-refractivity contribution in [1.29, 1.82) is 0 Å². The lowest BCUT2D eigenvalue weighted by molar-refractivity contribution is 0.0456. The molecule has 0 radical (unpaired) electrons. The number of halogens is 1. The quantitative estimate of drug-likeness (QED) is 0.332. The molecule has 4 N–H and O–H groups in total. The molecule has 10 heteroatoms. The maximum absolute atomic E-state index is 11.9. The summed E-state index contributed by atoms with van der Waals surface area (Å²) >= 11 is 6.36. The number of carboxylic acids is 1. The van der Waals surface area contributed by atoms with Gasteiger partial charge in [0, 0.05) is 23.5 Å². The second-order valence-electron chi connectivity index (χ2n) is 12.5. The Morgan fingerprint density at radius 1 is 1.24 bits per heavy atom. The predicted molar refractivity (Wildman–Crippen MR) is 165 cm³/mol. The van der Waals surface area contributed by atoms with Crippen molar-refractivity contribution in [3.63, 3.8) is 0 Å². The molecule has 8 nitrogen and oxygen atoms in total. The van der Waals surface area contributed by atoms with Crippen molar-refractivity contribution in [2.45, 2.75) is 69.1 Å². The number of carboxylic acid groups (broad SMARTS) is 1. The van der Waals surface area contributed by atoms with Gasteiger partial charge in [0.15, 0.2) is 0 Å². The van der Waals surface area contributed by atoms with Gasteiger partial charge in [0.25, 0.3) is 0 Å². The molecule has 1 fully saturated rings. The summed E-state index contributed by atoms with van der Waals surface area (Å²) in [6.07, 6.45) is 8.27. The fourth-order valence-electron chi connectivity index (χ4n) is 6.89. The van der Waals surface area contributed by atoms with Crippen LogP contribution in [0.5, 0.6) is 5.75 Å². The standard InChI is InChI=1S/C32H41ClN2O6S/c1-20(21(2)42(34,39)40)5-3-7-29(36)26-11-8-24(26)17-35-18-32(14-4-6-22-15-25(33)10-12-27(22)32)19-41-30-13-9-23(31(37)38)16-28(30)35/h3,7,9-10,12-13,15-16,20-21,24,26,29,36H,4-6,8,11,14,17-19H2,1-2H3,(H,37,38)(H2,34,39,40)/b7-3+/t20?,21?,24-,26+,29?,32-/m0/s1. The third-order valence-corrected chi connectivity index (χ3v) is 11.6. The van der Waals surface area contributed by atoms with Gasteiger partial charge in [0.2, 0.25) is 10.0 Å². The van der Waals surface area contributed by atoms with E-state index in [-0.39, 0.29) is 28.7 Å². The fraction of sp³-hybridized carbons (Fsp3) is 0.531. The highest BCUT2D eigenvalue weighted by molar-refractivity contribution is 7.89. The number of aromatic carboxylic acids is 1. The first-order chi connectivity index (χ1) is 19.9. The van der Waals surface area contributed by atoms with Gasteiger partial charge in [-0.3, -0.25) is 0 Å². The smallest absolute Gasteiger partial charge is 0.335 e. The van der Waals surface area contributed by atoms with Gasteiger partial charge >= 0.3 is 5.97 Å². The van der Waals surface area contributed by atoms with E-state index >= 15 is 0 Å². The number of aliphatic hydroxyl groups excluding tert-OH is 1. The van der Waals surface area contributed by atoms with E-state index in [2.05, 4.69) is 17.0 Å². The van der Waals surface area contributed by atoms with Crippen LogP contribution in [0.25, 0.3) is 0 Å². The van der Waals surface area contributed by atoms with E-state index in [4.69, 9.17) is 21.5 Å². The van der Waals surface area contributed by atoms with Gasteiger partial charge in [0.1, 0.15) is 5.75 Å². The van der Waals surface area contributed by atoms with E-state index < -0.39 is 27.3 Å². The van der Waals surface area contributed by atoms with Crippen LogP contribution >= 0.6 is 11.6 Å². The number of nitrogens with two attached hydrogens (primary N) is 1. The van der Waals surface area contributed by atoms with Crippen LogP contribution in [0, 0.1) is 17.8 Å². The minimum absolute atomic E-state index is 0.0518. The highest BCUT2D eigenvalue weighted by Gasteiger charge is 2.44. The Morgan fingerprint density at radius 3 is 2.71 bits per heavy atom. The van der Waals surface area contributed by atoms with Crippen LogP contribution in [0.2, 0.25) is 5.02 Å². The Labute approximate surface area is 253 Å². The molecule has 0 aromatic heterocycles. The Balaban J connectivity index is 1.38. The molecule has 5 rings (SSSR count). The van der Waals surface area contributed by atoms with E-state index in [0.717, 1.165) is 42.8 Å². The molecule has 42 heavy (non-hydrogen) atoms. The summed E-state index contributed by atoms with van der Waals surface area (Å²) in [5, 5.41) is 26.2. The fourth-order valence-corrected chi connectivity index (χ4v) is 7.85. The van der Waals surface area contributed by atoms with Gasteiger partial charge in [-0.15, -0.1) is 0 Å². The van der Waals surface area contributed by atoms with E-state index in [0.29, 0.717) is 31.9 Å². The number of allylic oxidation sites excluding steroid dienone is 1. The molecule has 6 atom stereocenters. The molecule has 0 bridgehead atoms. The molecular weight excluding hydrogens is 576 g/mol. The monoisotopic (exact) mass is 616 g/mol. The number of aliphatic hydroxyl groups is 1. The van der Waals surface area contributed by atoms with Crippen LogP contribution in [-0.4, -0.2) is 55.7 Å². The number of anilines is 1. The Bertz CT molecular complexity index is 1460. The molecule has 2 aromatic carbocycles. The van der Waals surface area contributed by atoms with Crippen LogP contribution in [0.3, 0.4) is 0 Å². The van der Waals surface area contributed by atoms with Crippen molar-refractivity contribution >= 4 is 33.3 Å². The molecule has 0 saturated heterocycles. The summed E-state index contributed by atoms with van der Waals surface area (Å²) in [4.78, 5) is 14.2. The number of aryl methyl sites for hydroxylation is 1. The van der Waals surface area contributed by atoms with Crippen molar-refractivity contribution in [2.75, 3.05) is 24.6 Å². The zero-order valence-electron chi connectivity index (χ0n) is 24.2. The molecular formula is C32H41ClN2O6S. The van der Waals surface area contributed by atoms with Gasteiger partial charge in [-0.2, -0.15) is 0 Å². The number of primary sulfonamides is 1. The summed E-state index contributed by atoms with van der Waals surface area (Å²) in [6, 6.07) is 11.2. The van der Waals surface area contributed by atoms with Crippen molar-refractivity contribution in [3.05, 3.63) is 70.3 Å². The minimum Gasteiger partial charge on any atom is -0.490 e. The number of sulfonamides is 1. The maximum atomic E-state index is 11.9. The molecule has 2 aliphatic carbocycles. The third kappa shape index (κ3) is 6.34. The number of hydrogen-bond acceptors (Lipinski definition) is 6. The molecule has 0 amide bonds. The summed E-state index contributed by atoms with van der Waals surface area (Å²) in [5.41, 5.74) is 3.20. The van der Waals surface area contributed by atoms with Crippen molar-refractivity contribution in [2.24, 2.45) is 22.9 Å². The molecule has 1 heterocycles. The Kier molecular flexibility index (Phi) is 8.95. The van der Waals surface area contributed by atoms with Gasteiger partial charge in [0.05, 0.1) is 29.2 Å². The number of fused-ring (bicyclic) bond motifs is 3. The second-order valence-corrected chi connectivity index (χ2v) is 14.9. The number of benzene rings is 2. The molecule has 2 aromatic rings. The SMILES string of the molecule is CC(C/C=C/C(O)[C@@H]1CC[C@H]1CN1C[C@@]2(CCCc3cc(Cl)ccc32)COc2ccc(C(=O)O)cc21)C(C)S(N)(=O)=O. The average Bonchev–Trinajstić information content (AvgIpc) is 3.07. The van der Waals surface area contributed by atoms with Crippen molar-refractivity contribution in [1.82, 2.24) is 0 Å². The topological polar surface area (TPSA) is 130 Å². The lowest BCUT2D eigenvalue weighted by Crippen LogP contribution is -2.49. The zero-order chi connectivity index (χ0) is 30.2. The first-order valence-corrected chi connectivity index (χ1v) is 16.8. The van der Waals surface area contributed by atoms with Gasteiger partial charge in [-0.05, 0) is 105 Å². The van der Waals surface area contributed by atoms with Crippen LogP contribution in [0.15, 0.2) is 48.6 Å². The molecule has 228 valence electrons. The molecule has 3 unspecified atom stereocenters. The predicted octanol–water partition coefficient (Wildman–Crippen LogP) is 5.16. The lowest BCUT2D eigenvalue weighted by Gasteiger charge is -2.45. The van der Waals surface area contributed by atoms with E-state index in [1.807, 2.05) is 19.1 Å². The average molecular weight is 617 g/mol. The van der Waals surface area contributed by atoms with Crippen LogP contribution in [0.1, 0.15) is 67.4 Å². The largest absolute Gasteiger partial charge is 0.490 e. The molecule has 3 aliphatic rings. The van der Waals surface area contributed by atoms with Crippen molar-refractivity contribution < 1.29 is 28.2 Å². The number of rotatable bonds is 9. The first-order valence-electron chi connectivity index (χ1n) is 14.8. The highest BCUT2D eigenvalue weighted by Crippen LogP contribution is 2.46. The first kappa shape index (κ1) is 30.9.